The molecular formula is C19H33IN6O. The Morgan fingerprint density at radius 2 is 2.00 bits per heavy atom. The van der Waals surface area contributed by atoms with E-state index in [9.17, 15) is 5.11 Å². The maximum atomic E-state index is 9.75. The molecule has 2 N–H and O–H groups in total. The minimum Gasteiger partial charge on any atom is -0.391 e. The van der Waals surface area contributed by atoms with Gasteiger partial charge in [-0.05, 0) is 31.5 Å². The van der Waals surface area contributed by atoms with Gasteiger partial charge in [0.15, 0.2) is 5.96 Å². The number of aliphatic hydroxyl groups is 1. The van der Waals surface area contributed by atoms with Gasteiger partial charge in [-0.15, -0.1) is 24.0 Å². The molecule has 3 rings (SSSR count). The standard InChI is InChI=1S/C19H32N6O.HI/c1-3-20-19(25-8-7-17(26)15-25)22-14-16-5-6-18(21-13-16)24-11-9-23(4-2)10-12-24;/h5-6,13,17,26H,3-4,7-12,14-15H2,1-2H3,(H,20,22);1H/t17-;/m1./s1. The van der Waals surface area contributed by atoms with Crippen molar-refractivity contribution in [1.82, 2.24) is 20.1 Å². The molecule has 0 radical (unpaired) electrons. The lowest BCUT2D eigenvalue weighted by Crippen LogP contribution is -2.46. The van der Waals surface area contributed by atoms with E-state index >= 15 is 0 Å². The molecule has 152 valence electrons. The van der Waals surface area contributed by atoms with Crippen LogP contribution in [0.5, 0.6) is 0 Å². The van der Waals surface area contributed by atoms with Gasteiger partial charge in [0.05, 0.1) is 12.6 Å². The minimum absolute atomic E-state index is 0. The molecule has 0 bridgehead atoms. The number of likely N-dealkylation sites (tertiary alicyclic amines) is 1. The van der Waals surface area contributed by atoms with Crippen LogP contribution < -0.4 is 10.2 Å². The van der Waals surface area contributed by atoms with Crippen molar-refractivity contribution in [2.24, 2.45) is 4.99 Å². The van der Waals surface area contributed by atoms with Gasteiger partial charge in [0.1, 0.15) is 5.82 Å². The second kappa shape index (κ2) is 11.0. The highest BCUT2D eigenvalue weighted by molar-refractivity contribution is 14.0. The first kappa shape index (κ1) is 22.2. The zero-order valence-corrected chi connectivity index (χ0v) is 18.8. The number of rotatable bonds is 5. The van der Waals surface area contributed by atoms with E-state index in [2.05, 4.69) is 51.0 Å². The van der Waals surface area contributed by atoms with Gasteiger partial charge < -0.3 is 25.1 Å². The van der Waals surface area contributed by atoms with E-state index in [-0.39, 0.29) is 30.1 Å². The van der Waals surface area contributed by atoms with Crippen LogP contribution in [0, 0.1) is 0 Å². The third-order valence-corrected chi connectivity index (χ3v) is 5.16. The van der Waals surface area contributed by atoms with Crippen molar-refractivity contribution < 1.29 is 5.11 Å². The Bertz CT molecular complexity index is 588. The van der Waals surface area contributed by atoms with Crippen molar-refractivity contribution in [2.45, 2.75) is 32.9 Å². The molecule has 1 aromatic rings. The Kier molecular flexibility index (Phi) is 9.04. The van der Waals surface area contributed by atoms with E-state index in [1.165, 1.54) is 0 Å². The Hall–Kier alpha value is -1.13. The van der Waals surface area contributed by atoms with Crippen LogP contribution in [0.1, 0.15) is 25.8 Å². The fourth-order valence-electron chi connectivity index (χ4n) is 3.52. The number of pyridine rings is 1. The number of hydrogen-bond acceptors (Lipinski definition) is 5. The fraction of sp³-hybridized carbons (Fsp3) is 0.684. The Morgan fingerprint density at radius 3 is 2.56 bits per heavy atom. The lowest BCUT2D eigenvalue weighted by molar-refractivity contribution is 0.188. The molecule has 2 aliphatic heterocycles. The summed E-state index contributed by atoms with van der Waals surface area (Å²) < 4.78 is 0. The van der Waals surface area contributed by atoms with Crippen LogP contribution in [0.2, 0.25) is 0 Å². The van der Waals surface area contributed by atoms with Gasteiger partial charge in [-0.2, -0.15) is 0 Å². The van der Waals surface area contributed by atoms with Gasteiger partial charge in [0, 0.05) is 52.0 Å². The molecular weight excluding hydrogens is 455 g/mol. The number of aliphatic imine (C=N–C) groups is 1. The third-order valence-electron chi connectivity index (χ3n) is 5.16. The Balaban J connectivity index is 0.00000261. The number of aromatic nitrogens is 1. The third kappa shape index (κ3) is 6.18. The van der Waals surface area contributed by atoms with Crippen molar-refractivity contribution in [3.63, 3.8) is 0 Å². The molecule has 0 amide bonds. The quantitative estimate of drug-likeness (QED) is 0.371. The predicted octanol–water partition coefficient (Wildman–Crippen LogP) is 1.37. The number of likely N-dealkylation sites (N-methyl/N-ethyl adjacent to an activating group) is 1. The van der Waals surface area contributed by atoms with E-state index in [4.69, 9.17) is 4.99 Å². The number of guanidine groups is 1. The summed E-state index contributed by atoms with van der Waals surface area (Å²) in [5, 5.41) is 13.1. The summed E-state index contributed by atoms with van der Waals surface area (Å²) in [7, 11) is 0. The molecule has 3 heterocycles. The number of nitrogens with one attached hydrogen (secondary N) is 1. The summed E-state index contributed by atoms with van der Waals surface area (Å²) in [6, 6.07) is 4.24. The summed E-state index contributed by atoms with van der Waals surface area (Å²) in [6.45, 7) is 12.7. The number of halogens is 1. The first-order valence-corrected chi connectivity index (χ1v) is 9.83. The normalized spacial score (nSPS) is 21.3. The Morgan fingerprint density at radius 1 is 1.22 bits per heavy atom. The van der Waals surface area contributed by atoms with Gasteiger partial charge >= 0.3 is 0 Å². The minimum atomic E-state index is -0.243. The molecule has 8 heteroatoms. The van der Waals surface area contributed by atoms with Gasteiger partial charge in [-0.3, -0.25) is 0 Å². The number of anilines is 1. The van der Waals surface area contributed by atoms with Crippen LogP contribution in [-0.4, -0.2) is 84.3 Å². The molecule has 1 aromatic heterocycles. The molecule has 0 saturated carbocycles. The van der Waals surface area contributed by atoms with Crippen LogP contribution >= 0.6 is 24.0 Å². The number of hydrogen-bond donors (Lipinski definition) is 2. The number of nitrogens with zero attached hydrogens (tertiary/aromatic N) is 5. The zero-order chi connectivity index (χ0) is 18.4. The Labute approximate surface area is 179 Å². The van der Waals surface area contributed by atoms with Gasteiger partial charge in [-0.1, -0.05) is 13.0 Å². The number of piperazine rings is 1. The first-order chi connectivity index (χ1) is 12.7. The summed E-state index contributed by atoms with van der Waals surface area (Å²) in [4.78, 5) is 16.3. The second-order valence-electron chi connectivity index (χ2n) is 7.00. The van der Waals surface area contributed by atoms with E-state index in [0.29, 0.717) is 13.1 Å². The van der Waals surface area contributed by atoms with Crippen molar-refractivity contribution in [3.05, 3.63) is 23.9 Å². The molecule has 0 aromatic carbocycles. The van der Waals surface area contributed by atoms with Gasteiger partial charge in [0.25, 0.3) is 0 Å². The first-order valence-electron chi connectivity index (χ1n) is 9.83. The molecule has 0 aliphatic carbocycles. The van der Waals surface area contributed by atoms with E-state index in [1.54, 1.807) is 0 Å². The van der Waals surface area contributed by atoms with E-state index < -0.39 is 0 Å². The van der Waals surface area contributed by atoms with E-state index in [0.717, 1.165) is 69.6 Å². The van der Waals surface area contributed by atoms with Crippen LogP contribution in [0.25, 0.3) is 0 Å². The SMILES string of the molecule is CCNC(=NCc1ccc(N2CCN(CC)CC2)nc1)N1CC[C@@H](O)C1.I. The van der Waals surface area contributed by atoms with Crippen molar-refractivity contribution in [2.75, 3.05) is 57.3 Å². The second-order valence-corrected chi connectivity index (χ2v) is 7.00. The van der Waals surface area contributed by atoms with Crippen LogP contribution in [0.3, 0.4) is 0 Å². The molecule has 2 aliphatic rings. The van der Waals surface area contributed by atoms with Crippen LogP contribution in [-0.2, 0) is 6.54 Å². The smallest absolute Gasteiger partial charge is 0.194 e. The van der Waals surface area contributed by atoms with Crippen molar-refractivity contribution in [1.29, 1.82) is 0 Å². The van der Waals surface area contributed by atoms with Gasteiger partial charge in [0.2, 0.25) is 0 Å². The maximum absolute atomic E-state index is 9.75. The topological polar surface area (TPSA) is 67.2 Å². The molecule has 0 unspecified atom stereocenters. The van der Waals surface area contributed by atoms with Crippen LogP contribution in [0.4, 0.5) is 5.82 Å². The lowest BCUT2D eigenvalue weighted by atomic mass is 10.2. The predicted molar refractivity (Wildman–Crippen MR) is 121 cm³/mol. The molecule has 2 fully saturated rings. The van der Waals surface area contributed by atoms with Gasteiger partial charge in [-0.25, -0.2) is 9.98 Å². The average molecular weight is 488 g/mol. The van der Waals surface area contributed by atoms with E-state index in [1.807, 2.05) is 6.20 Å². The maximum Gasteiger partial charge on any atom is 0.194 e. The molecule has 1 atom stereocenters. The monoisotopic (exact) mass is 488 g/mol. The summed E-state index contributed by atoms with van der Waals surface area (Å²) in [5.74, 6) is 1.94. The number of β-amino-alcohol motifs (C(OH)–C–C–N with tert-alkyl or cyclic N) is 1. The van der Waals surface area contributed by atoms with Crippen molar-refractivity contribution in [3.8, 4) is 0 Å². The molecule has 7 nitrogen and oxygen atoms in total. The lowest BCUT2D eigenvalue weighted by Gasteiger charge is -2.34. The summed E-state index contributed by atoms with van der Waals surface area (Å²) in [5.41, 5.74) is 1.11. The number of aliphatic hydroxyl groups excluding tert-OH is 1. The average Bonchev–Trinajstić information content (AvgIpc) is 3.12. The van der Waals surface area contributed by atoms with Crippen molar-refractivity contribution >= 4 is 35.8 Å². The highest BCUT2D eigenvalue weighted by Gasteiger charge is 2.22. The van der Waals surface area contributed by atoms with Crippen LogP contribution in [0.15, 0.2) is 23.3 Å². The summed E-state index contributed by atoms with van der Waals surface area (Å²) in [6.07, 6.45) is 2.51. The zero-order valence-electron chi connectivity index (χ0n) is 16.5. The highest BCUT2D eigenvalue weighted by Crippen LogP contribution is 2.15. The molecule has 2 saturated heterocycles. The summed E-state index contributed by atoms with van der Waals surface area (Å²) >= 11 is 0. The molecule has 27 heavy (non-hydrogen) atoms. The highest BCUT2D eigenvalue weighted by atomic mass is 127. The molecule has 0 spiro atoms. The largest absolute Gasteiger partial charge is 0.391 e. The fourth-order valence-corrected chi connectivity index (χ4v) is 3.52.